The van der Waals surface area contributed by atoms with Crippen molar-refractivity contribution in [2.75, 3.05) is 33.7 Å². The molecule has 1 aromatic rings. The maximum atomic E-state index is 11.6. The number of amides is 1. The normalized spacial score (nSPS) is 18.6. The molecular formula is C16H25N3O. The number of hydrogen-bond donors (Lipinski definition) is 1. The molecule has 0 fully saturated rings. The molecule has 0 aromatic heterocycles. The second-order valence-corrected chi connectivity index (χ2v) is 5.63. The van der Waals surface area contributed by atoms with Gasteiger partial charge in [0.25, 0.3) is 0 Å². The SMILES string of the molecule is CN(C)C(=O)CCCN1CCc2ccccc2C1CN. The molecule has 0 saturated heterocycles. The Morgan fingerprint density at radius 2 is 2.15 bits per heavy atom. The summed E-state index contributed by atoms with van der Waals surface area (Å²) in [6.45, 7) is 2.61. The van der Waals surface area contributed by atoms with Gasteiger partial charge in [0, 0.05) is 39.6 Å². The highest BCUT2D eigenvalue weighted by Crippen LogP contribution is 2.28. The largest absolute Gasteiger partial charge is 0.349 e. The molecule has 1 aliphatic heterocycles. The summed E-state index contributed by atoms with van der Waals surface area (Å²) in [7, 11) is 3.62. The minimum absolute atomic E-state index is 0.201. The number of benzene rings is 1. The Hall–Kier alpha value is -1.39. The average Bonchev–Trinajstić information content (AvgIpc) is 2.46. The van der Waals surface area contributed by atoms with Crippen molar-refractivity contribution in [1.82, 2.24) is 9.80 Å². The third-order valence-corrected chi connectivity index (χ3v) is 4.08. The Kier molecular flexibility index (Phi) is 5.15. The van der Waals surface area contributed by atoms with Gasteiger partial charge in [-0.2, -0.15) is 0 Å². The molecule has 110 valence electrons. The number of nitrogens with zero attached hydrogens (tertiary/aromatic N) is 2. The second kappa shape index (κ2) is 6.86. The van der Waals surface area contributed by atoms with E-state index in [0.717, 1.165) is 25.9 Å². The summed E-state index contributed by atoms with van der Waals surface area (Å²) in [6.07, 6.45) is 2.59. The Balaban J connectivity index is 1.95. The fraction of sp³-hybridized carbons (Fsp3) is 0.562. The van der Waals surface area contributed by atoms with Crippen LogP contribution < -0.4 is 5.73 Å². The molecule has 0 saturated carbocycles. The van der Waals surface area contributed by atoms with E-state index in [1.165, 1.54) is 11.1 Å². The predicted octanol–water partition coefficient (Wildman–Crippen LogP) is 1.41. The van der Waals surface area contributed by atoms with E-state index in [2.05, 4.69) is 29.2 Å². The molecule has 0 spiro atoms. The molecule has 2 N–H and O–H groups in total. The summed E-state index contributed by atoms with van der Waals surface area (Å²) in [5.74, 6) is 0.201. The van der Waals surface area contributed by atoms with Gasteiger partial charge < -0.3 is 10.6 Å². The van der Waals surface area contributed by atoms with Gasteiger partial charge in [0.15, 0.2) is 0 Å². The van der Waals surface area contributed by atoms with Crippen molar-refractivity contribution in [3.05, 3.63) is 35.4 Å². The van der Waals surface area contributed by atoms with Gasteiger partial charge in [-0.3, -0.25) is 9.69 Å². The van der Waals surface area contributed by atoms with Crippen LogP contribution in [0, 0.1) is 0 Å². The van der Waals surface area contributed by atoms with E-state index in [1.807, 2.05) is 14.1 Å². The summed E-state index contributed by atoms with van der Waals surface area (Å²) < 4.78 is 0. The molecule has 20 heavy (non-hydrogen) atoms. The number of fused-ring (bicyclic) bond motifs is 1. The standard InChI is InChI=1S/C16H25N3O/c1-18(2)16(20)8-5-10-19-11-9-13-6-3-4-7-14(13)15(19)12-17/h3-4,6-7,15H,5,8-12,17H2,1-2H3. The summed E-state index contributed by atoms with van der Waals surface area (Å²) in [4.78, 5) is 15.7. The van der Waals surface area contributed by atoms with Gasteiger partial charge in [-0.15, -0.1) is 0 Å². The van der Waals surface area contributed by atoms with E-state index in [1.54, 1.807) is 4.90 Å². The molecule has 1 aromatic carbocycles. The lowest BCUT2D eigenvalue weighted by atomic mass is 9.92. The van der Waals surface area contributed by atoms with Crippen LogP contribution in [0.5, 0.6) is 0 Å². The third kappa shape index (κ3) is 3.38. The van der Waals surface area contributed by atoms with Crippen molar-refractivity contribution in [1.29, 1.82) is 0 Å². The number of nitrogens with two attached hydrogens (primary N) is 1. The third-order valence-electron chi connectivity index (χ3n) is 4.08. The maximum absolute atomic E-state index is 11.6. The van der Waals surface area contributed by atoms with Crippen molar-refractivity contribution in [3.63, 3.8) is 0 Å². The molecule has 0 bridgehead atoms. The molecule has 1 unspecified atom stereocenters. The van der Waals surface area contributed by atoms with Gasteiger partial charge in [-0.25, -0.2) is 0 Å². The van der Waals surface area contributed by atoms with Crippen molar-refractivity contribution >= 4 is 5.91 Å². The lowest BCUT2D eigenvalue weighted by Crippen LogP contribution is -2.40. The molecule has 0 aliphatic carbocycles. The number of carbonyl (C=O) groups excluding carboxylic acids is 1. The van der Waals surface area contributed by atoms with Gasteiger partial charge in [0.2, 0.25) is 5.91 Å². The smallest absolute Gasteiger partial charge is 0.222 e. The first-order chi connectivity index (χ1) is 9.63. The highest BCUT2D eigenvalue weighted by molar-refractivity contribution is 5.75. The average molecular weight is 275 g/mol. The van der Waals surface area contributed by atoms with Crippen LogP contribution in [0.1, 0.15) is 30.0 Å². The Labute approximate surface area is 121 Å². The predicted molar refractivity (Wildman–Crippen MR) is 81.4 cm³/mol. The first-order valence-corrected chi connectivity index (χ1v) is 7.35. The molecule has 1 heterocycles. The Morgan fingerprint density at radius 3 is 2.85 bits per heavy atom. The quantitative estimate of drug-likeness (QED) is 0.884. The molecule has 1 aliphatic rings. The van der Waals surface area contributed by atoms with Gasteiger partial charge in [-0.1, -0.05) is 24.3 Å². The van der Waals surface area contributed by atoms with Crippen molar-refractivity contribution in [3.8, 4) is 0 Å². The summed E-state index contributed by atoms with van der Waals surface area (Å²) >= 11 is 0. The van der Waals surface area contributed by atoms with Crippen LogP contribution in [0.3, 0.4) is 0 Å². The zero-order chi connectivity index (χ0) is 14.5. The molecule has 2 rings (SSSR count). The molecule has 4 heteroatoms. The van der Waals surface area contributed by atoms with E-state index in [-0.39, 0.29) is 5.91 Å². The number of rotatable bonds is 5. The minimum Gasteiger partial charge on any atom is -0.349 e. The first kappa shape index (κ1) is 15.0. The molecule has 1 amide bonds. The fourth-order valence-electron chi connectivity index (χ4n) is 2.90. The van der Waals surface area contributed by atoms with Gasteiger partial charge in [0.1, 0.15) is 0 Å². The van der Waals surface area contributed by atoms with Crippen LogP contribution in [0.25, 0.3) is 0 Å². The summed E-state index contributed by atoms with van der Waals surface area (Å²) in [5, 5.41) is 0. The Bertz CT molecular complexity index is 459. The zero-order valence-electron chi connectivity index (χ0n) is 12.5. The van der Waals surface area contributed by atoms with E-state index < -0.39 is 0 Å². The minimum atomic E-state index is 0.201. The number of carbonyl (C=O) groups is 1. The van der Waals surface area contributed by atoms with E-state index in [0.29, 0.717) is 19.0 Å². The first-order valence-electron chi connectivity index (χ1n) is 7.35. The molecule has 4 nitrogen and oxygen atoms in total. The van der Waals surface area contributed by atoms with Crippen molar-refractivity contribution in [2.24, 2.45) is 5.73 Å². The van der Waals surface area contributed by atoms with Gasteiger partial charge >= 0.3 is 0 Å². The summed E-state index contributed by atoms with van der Waals surface area (Å²) in [6, 6.07) is 8.86. The Morgan fingerprint density at radius 1 is 1.40 bits per heavy atom. The van der Waals surface area contributed by atoms with Crippen LogP contribution in [-0.4, -0.2) is 49.4 Å². The van der Waals surface area contributed by atoms with Crippen molar-refractivity contribution < 1.29 is 4.79 Å². The van der Waals surface area contributed by atoms with E-state index in [9.17, 15) is 4.79 Å². The van der Waals surface area contributed by atoms with Crippen LogP contribution in [0.4, 0.5) is 0 Å². The van der Waals surface area contributed by atoms with E-state index >= 15 is 0 Å². The van der Waals surface area contributed by atoms with Gasteiger partial charge in [-0.05, 0) is 30.5 Å². The van der Waals surface area contributed by atoms with Crippen LogP contribution in [0.15, 0.2) is 24.3 Å². The topological polar surface area (TPSA) is 49.6 Å². The second-order valence-electron chi connectivity index (χ2n) is 5.63. The van der Waals surface area contributed by atoms with Crippen LogP contribution in [-0.2, 0) is 11.2 Å². The van der Waals surface area contributed by atoms with Gasteiger partial charge in [0.05, 0.1) is 0 Å². The van der Waals surface area contributed by atoms with Crippen LogP contribution in [0.2, 0.25) is 0 Å². The highest BCUT2D eigenvalue weighted by atomic mass is 16.2. The monoisotopic (exact) mass is 275 g/mol. The maximum Gasteiger partial charge on any atom is 0.222 e. The number of hydrogen-bond acceptors (Lipinski definition) is 3. The van der Waals surface area contributed by atoms with E-state index in [4.69, 9.17) is 5.73 Å². The lowest BCUT2D eigenvalue weighted by Gasteiger charge is -2.36. The lowest BCUT2D eigenvalue weighted by molar-refractivity contribution is -0.128. The van der Waals surface area contributed by atoms with Crippen molar-refractivity contribution in [2.45, 2.75) is 25.3 Å². The highest BCUT2D eigenvalue weighted by Gasteiger charge is 2.25. The zero-order valence-corrected chi connectivity index (χ0v) is 12.5. The van der Waals surface area contributed by atoms with Crippen LogP contribution >= 0.6 is 0 Å². The fourth-order valence-corrected chi connectivity index (χ4v) is 2.90. The summed E-state index contributed by atoms with van der Waals surface area (Å²) in [5.41, 5.74) is 8.75. The molecule has 0 radical (unpaired) electrons. The molecular weight excluding hydrogens is 250 g/mol. The molecule has 1 atom stereocenters.